The molecule has 0 saturated heterocycles. The van der Waals surface area contributed by atoms with Gasteiger partial charge in [0.1, 0.15) is 47.1 Å². The molecule has 15 nitrogen and oxygen atoms in total. The number of benzene rings is 5. The van der Waals surface area contributed by atoms with Crippen LogP contribution in [-0.2, 0) is 19.5 Å². The number of carbonyl (C=O) groups is 3. The minimum absolute atomic E-state index is 0.258. The van der Waals surface area contributed by atoms with E-state index in [-0.39, 0.29) is 5.41 Å². The molecule has 0 aliphatic rings. The fourth-order valence-electron chi connectivity index (χ4n) is 6.35. The molecule has 0 unspecified atom stereocenters. The van der Waals surface area contributed by atoms with Gasteiger partial charge >= 0.3 is 18.0 Å². The topological polar surface area (TPSA) is 199 Å². The smallest absolute Gasteiger partial charge is 0.341 e. The summed E-state index contributed by atoms with van der Waals surface area (Å²) in [5.74, 6) is 1.82. The Hall–Kier alpha value is -7.25. The van der Waals surface area contributed by atoms with Crippen molar-refractivity contribution in [1.82, 2.24) is 4.98 Å². The van der Waals surface area contributed by atoms with Crippen molar-refractivity contribution in [2.75, 3.05) is 70.6 Å². The molecule has 0 bridgehead atoms. The van der Waals surface area contributed by atoms with Crippen LogP contribution in [0.25, 0.3) is 10.8 Å². The van der Waals surface area contributed by atoms with Gasteiger partial charge in [-0.15, -0.1) is 0 Å². The molecule has 2 amide bonds. The van der Waals surface area contributed by atoms with Gasteiger partial charge in [0, 0.05) is 46.5 Å². The fraction of sp³-hybridized carbons (Fsp3) is 0.234. The number of urea groups is 1. The van der Waals surface area contributed by atoms with Crippen molar-refractivity contribution in [1.29, 1.82) is 0 Å². The van der Waals surface area contributed by atoms with E-state index >= 15 is 0 Å². The van der Waals surface area contributed by atoms with E-state index in [4.69, 9.17) is 29.4 Å². The lowest BCUT2D eigenvalue weighted by Crippen LogP contribution is -2.23. The minimum Gasteiger partial charge on any atom is -0.496 e. The van der Waals surface area contributed by atoms with Gasteiger partial charge in [-0.3, -0.25) is 0 Å². The van der Waals surface area contributed by atoms with Crippen molar-refractivity contribution in [2.45, 2.75) is 26.2 Å². The molecule has 0 aliphatic heterocycles. The maximum Gasteiger partial charge on any atom is 0.341 e. The number of anilines is 5. The zero-order valence-electron chi connectivity index (χ0n) is 36.9. The number of esters is 2. The molecule has 5 N–H and O–H groups in total. The maximum absolute atomic E-state index is 13.5. The van der Waals surface area contributed by atoms with Crippen LogP contribution >= 0.6 is 7.14 Å². The average Bonchev–Trinajstić information content (AvgIpc) is 3.26. The highest BCUT2D eigenvalue weighted by atomic mass is 31.2. The van der Waals surface area contributed by atoms with Gasteiger partial charge in [-0.25, -0.2) is 19.4 Å². The Morgan fingerprint density at radius 3 is 1.89 bits per heavy atom. The molecule has 0 spiro atoms. The molecular formula is C47H52N5O10P. The molecule has 0 radical (unpaired) electrons. The van der Waals surface area contributed by atoms with E-state index in [0.717, 1.165) is 16.3 Å². The van der Waals surface area contributed by atoms with Crippen LogP contribution in [0.2, 0.25) is 0 Å². The normalized spacial score (nSPS) is 11.0. The van der Waals surface area contributed by atoms with Crippen LogP contribution in [0.1, 0.15) is 47.1 Å². The molecule has 16 heteroatoms. The first kappa shape index (κ1) is 46.8. The third-order valence-corrected chi connectivity index (χ3v) is 11.1. The number of rotatable bonds is 12. The van der Waals surface area contributed by atoms with E-state index < -0.39 is 25.1 Å². The quantitative estimate of drug-likeness (QED) is 0.0515. The highest BCUT2D eigenvalue weighted by molar-refractivity contribution is 7.70. The molecule has 6 aromatic rings. The number of nitrogens with two attached hydrogens (primary N) is 1. The van der Waals surface area contributed by atoms with Gasteiger partial charge in [-0.05, 0) is 78.9 Å². The molecule has 0 fully saturated rings. The summed E-state index contributed by atoms with van der Waals surface area (Å²) in [5.41, 5.74) is 9.05. The van der Waals surface area contributed by atoms with E-state index in [1.165, 1.54) is 35.5 Å². The Balaban J connectivity index is 0.000000493. The highest BCUT2D eigenvalue weighted by Gasteiger charge is 2.26. The molecule has 0 atom stereocenters. The monoisotopic (exact) mass is 877 g/mol. The molecule has 0 saturated carbocycles. The van der Waals surface area contributed by atoms with Crippen molar-refractivity contribution < 1.29 is 47.4 Å². The SMILES string of the molecule is COC(=O)c1ccc(N)cc1OC.COC(=O)c1ccc(Nc2cc(Oc3ccc(NC(=O)Nc4cc(C(C)(C)C)cc(P(C)(C)=O)c4OC)c4ccccc34)ccn2)cc1OC. The Morgan fingerprint density at radius 1 is 0.667 bits per heavy atom. The molecule has 6 rings (SSSR count). The van der Waals surface area contributed by atoms with Crippen molar-refractivity contribution in [2.24, 2.45) is 0 Å². The van der Waals surface area contributed by atoms with Gasteiger partial charge in [0.15, 0.2) is 5.75 Å². The van der Waals surface area contributed by atoms with Crippen molar-refractivity contribution in [3.8, 4) is 28.7 Å². The van der Waals surface area contributed by atoms with Crippen molar-refractivity contribution >= 4 is 69.8 Å². The summed E-state index contributed by atoms with van der Waals surface area (Å²) < 4.78 is 44.9. The number of ether oxygens (including phenoxy) is 6. The molecule has 5 aromatic carbocycles. The summed E-state index contributed by atoms with van der Waals surface area (Å²) in [7, 11) is 4.34. The van der Waals surface area contributed by atoms with Crippen LogP contribution in [0.4, 0.5) is 33.4 Å². The van der Waals surface area contributed by atoms with Crippen LogP contribution in [0.15, 0.2) is 103 Å². The molecule has 330 valence electrons. The van der Waals surface area contributed by atoms with Gasteiger partial charge < -0.3 is 54.7 Å². The van der Waals surface area contributed by atoms with Crippen LogP contribution in [0, 0.1) is 0 Å². The van der Waals surface area contributed by atoms with E-state index in [1.54, 1.807) is 80.2 Å². The van der Waals surface area contributed by atoms with Crippen molar-refractivity contribution in [3.05, 3.63) is 120 Å². The number of aromatic nitrogens is 1. The Labute approximate surface area is 366 Å². The number of carbonyl (C=O) groups excluding carboxylic acids is 3. The van der Waals surface area contributed by atoms with Gasteiger partial charge in [0.2, 0.25) is 0 Å². The Bertz CT molecular complexity index is 2690. The fourth-order valence-corrected chi connectivity index (χ4v) is 7.50. The maximum atomic E-state index is 13.5. The molecule has 1 heterocycles. The number of nitrogen functional groups attached to an aromatic ring is 1. The largest absolute Gasteiger partial charge is 0.496 e. The number of hydrogen-bond acceptors (Lipinski definition) is 13. The van der Waals surface area contributed by atoms with Crippen LogP contribution in [0.3, 0.4) is 0 Å². The Kier molecular flexibility index (Phi) is 14.9. The van der Waals surface area contributed by atoms with Crippen LogP contribution in [0.5, 0.6) is 28.7 Å². The average molecular weight is 878 g/mol. The number of methoxy groups -OCH3 is 5. The summed E-state index contributed by atoms with van der Waals surface area (Å²) in [6.45, 7) is 9.54. The standard InChI is InChI=1S/C38H41N4O7P.C9H11NO3/c1-38(2,3)23-19-30(35(47-5)33(20-23)50(7,8)45)42-37(44)41-29-15-16-31(27-12-10-9-11-26(27)29)49-25-17-18-39-34(22-25)40-24-13-14-28(36(43)48-6)32(21-24)46-4;1-12-8-5-6(10)3-4-7(8)9(11)13-2/h9-22H,1-8H3,(H,39,40)(H2,41,42,44);3-5H,10H2,1-2H3. The summed E-state index contributed by atoms with van der Waals surface area (Å²) in [6, 6.07) is 27.7. The van der Waals surface area contributed by atoms with E-state index in [1.807, 2.05) is 36.4 Å². The number of fused-ring (bicyclic) bond motifs is 1. The van der Waals surface area contributed by atoms with Crippen molar-refractivity contribution in [3.63, 3.8) is 0 Å². The van der Waals surface area contributed by atoms with E-state index in [0.29, 0.717) is 73.7 Å². The zero-order chi connectivity index (χ0) is 46.1. The van der Waals surface area contributed by atoms with Gasteiger partial charge in [-0.1, -0.05) is 45.0 Å². The lowest BCUT2D eigenvalue weighted by atomic mass is 9.86. The first-order valence-electron chi connectivity index (χ1n) is 19.5. The van der Waals surface area contributed by atoms with Crippen LogP contribution < -0.4 is 45.9 Å². The zero-order valence-corrected chi connectivity index (χ0v) is 37.8. The number of pyridine rings is 1. The lowest BCUT2D eigenvalue weighted by Gasteiger charge is -2.25. The summed E-state index contributed by atoms with van der Waals surface area (Å²) in [5, 5.41) is 11.2. The highest BCUT2D eigenvalue weighted by Crippen LogP contribution is 2.44. The first-order valence-corrected chi connectivity index (χ1v) is 22.1. The molecular weight excluding hydrogens is 826 g/mol. The number of amides is 2. The predicted octanol–water partition coefficient (Wildman–Crippen LogP) is 9.83. The second kappa shape index (κ2) is 20.1. The van der Waals surface area contributed by atoms with Gasteiger partial charge in [-0.2, -0.15) is 0 Å². The number of nitrogens with one attached hydrogen (secondary N) is 3. The van der Waals surface area contributed by atoms with E-state index in [2.05, 4.69) is 46.4 Å². The predicted molar refractivity (Wildman–Crippen MR) is 248 cm³/mol. The molecule has 63 heavy (non-hydrogen) atoms. The van der Waals surface area contributed by atoms with E-state index in [9.17, 15) is 18.9 Å². The summed E-state index contributed by atoms with van der Waals surface area (Å²) in [6.07, 6.45) is 1.62. The minimum atomic E-state index is -2.74. The Morgan fingerprint density at radius 2 is 1.29 bits per heavy atom. The van der Waals surface area contributed by atoms with Gasteiger partial charge in [0.05, 0.1) is 52.2 Å². The number of nitrogens with zero attached hydrogens (tertiary/aromatic N) is 1. The molecule has 1 aromatic heterocycles. The summed E-state index contributed by atoms with van der Waals surface area (Å²) >= 11 is 0. The first-order chi connectivity index (χ1) is 29.9. The summed E-state index contributed by atoms with van der Waals surface area (Å²) in [4.78, 5) is 41.1. The van der Waals surface area contributed by atoms with Crippen LogP contribution in [-0.4, -0.2) is 71.8 Å². The second-order valence-corrected chi connectivity index (χ2v) is 18.6. The third-order valence-electron chi connectivity index (χ3n) is 9.57. The second-order valence-electron chi connectivity index (χ2n) is 15.4. The van der Waals surface area contributed by atoms with Gasteiger partial charge in [0.25, 0.3) is 0 Å². The third kappa shape index (κ3) is 11.6. The number of hydrogen-bond donors (Lipinski definition) is 4. The lowest BCUT2D eigenvalue weighted by molar-refractivity contribution is 0.0588. The molecule has 0 aliphatic carbocycles.